The van der Waals surface area contributed by atoms with Crippen molar-refractivity contribution in [2.24, 2.45) is 0 Å². The van der Waals surface area contributed by atoms with Gasteiger partial charge >= 0.3 is 18.4 Å². The minimum atomic E-state index is -4.98. The fourth-order valence-electron chi connectivity index (χ4n) is 5.53. The highest BCUT2D eigenvalue weighted by Gasteiger charge is 2.39. The number of urea groups is 1. The van der Waals surface area contributed by atoms with Crippen molar-refractivity contribution in [2.45, 2.75) is 50.7 Å². The van der Waals surface area contributed by atoms with Crippen LogP contribution in [0.15, 0.2) is 36.4 Å². The Bertz CT molecular complexity index is 1150. The van der Waals surface area contributed by atoms with Crippen molar-refractivity contribution in [3.05, 3.63) is 70.0 Å². The van der Waals surface area contributed by atoms with Gasteiger partial charge in [0.25, 0.3) is 0 Å². The van der Waals surface area contributed by atoms with Crippen molar-refractivity contribution in [3.8, 4) is 0 Å². The number of aryl methyl sites for hydroxylation is 1. The number of hydrogen-bond donors (Lipinski definition) is 1. The van der Waals surface area contributed by atoms with Crippen LogP contribution in [0.2, 0.25) is 0 Å². The van der Waals surface area contributed by atoms with Gasteiger partial charge in [0.15, 0.2) is 0 Å². The standard InChI is InChI=1S/C27H31F7N4O/c1-17-11-21(28)3-4-23(17)24-15-22(37-9-6-35-7-10-37)5-8-38(24)25(39)36(2)16-18-12-19(26(29,30)31)14-20(13-18)27(32,33)34/h3-4,11-14,22,24,35H,5-10,15-16H2,1-2H3. The molecule has 2 unspecified atom stereocenters. The van der Waals surface area contributed by atoms with E-state index in [-0.39, 0.29) is 17.7 Å². The Hall–Kier alpha value is -2.86. The van der Waals surface area contributed by atoms with E-state index in [1.54, 1.807) is 17.9 Å². The summed E-state index contributed by atoms with van der Waals surface area (Å²) < 4.78 is 93.8. The quantitative estimate of drug-likeness (QED) is 0.478. The van der Waals surface area contributed by atoms with Crippen LogP contribution in [-0.2, 0) is 18.9 Å². The molecule has 214 valence electrons. The zero-order valence-corrected chi connectivity index (χ0v) is 21.7. The number of nitrogens with zero attached hydrogens (tertiary/aromatic N) is 3. The fraction of sp³-hybridized carbons (Fsp3) is 0.519. The van der Waals surface area contributed by atoms with Crippen LogP contribution in [0, 0.1) is 12.7 Å². The number of carbonyl (C=O) groups excluding carboxylic acids is 1. The van der Waals surface area contributed by atoms with E-state index in [1.807, 2.05) is 0 Å². The summed E-state index contributed by atoms with van der Waals surface area (Å²) in [6.45, 7) is 5.04. The van der Waals surface area contributed by atoms with Gasteiger partial charge in [-0.2, -0.15) is 26.3 Å². The molecular formula is C27H31F7N4O. The summed E-state index contributed by atoms with van der Waals surface area (Å²) in [5.41, 5.74) is -1.71. The van der Waals surface area contributed by atoms with Gasteiger partial charge in [-0.25, -0.2) is 9.18 Å². The van der Waals surface area contributed by atoms with E-state index in [1.165, 1.54) is 19.2 Å². The molecule has 4 rings (SSSR count). The molecule has 2 amide bonds. The summed E-state index contributed by atoms with van der Waals surface area (Å²) in [6, 6.07) is 4.91. The smallest absolute Gasteiger partial charge is 0.323 e. The zero-order valence-electron chi connectivity index (χ0n) is 21.7. The molecule has 39 heavy (non-hydrogen) atoms. The lowest BCUT2D eigenvalue weighted by molar-refractivity contribution is -0.143. The van der Waals surface area contributed by atoms with Crippen LogP contribution >= 0.6 is 0 Å². The second-order valence-corrected chi connectivity index (χ2v) is 10.2. The molecule has 0 aliphatic carbocycles. The number of amides is 2. The molecule has 0 bridgehead atoms. The first-order valence-electron chi connectivity index (χ1n) is 12.7. The van der Waals surface area contributed by atoms with Gasteiger partial charge in [0.05, 0.1) is 17.2 Å². The maximum absolute atomic E-state index is 13.9. The number of likely N-dealkylation sites (tertiary alicyclic amines) is 1. The number of nitrogens with one attached hydrogen (secondary N) is 1. The highest BCUT2D eigenvalue weighted by Crippen LogP contribution is 2.38. The number of hydrogen-bond acceptors (Lipinski definition) is 3. The predicted molar refractivity (Wildman–Crippen MR) is 131 cm³/mol. The lowest BCUT2D eigenvalue weighted by Gasteiger charge is -2.46. The van der Waals surface area contributed by atoms with Crippen molar-refractivity contribution >= 4 is 6.03 Å². The summed E-state index contributed by atoms with van der Waals surface area (Å²) in [6.07, 6.45) is -8.71. The molecule has 2 aromatic carbocycles. The van der Waals surface area contributed by atoms with Crippen molar-refractivity contribution in [1.29, 1.82) is 0 Å². The normalized spacial score (nSPS) is 21.2. The van der Waals surface area contributed by atoms with E-state index in [4.69, 9.17) is 0 Å². The predicted octanol–water partition coefficient (Wildman–Crippen LogP) is 5.83. The largest absolute Gasteiger partial charge is 0.416 e. The van der Waals surface area contributed by atoms with Crippen molar-refractivity contribution in [3.63, 3.8) is 0 Å². The molecule has 5 nitrogen and oxygen atoms in total. The summed E-state index contributed by atoms with van der Waals surface area (Å²) >= 11 is 0. The molecule has 2 heterocycles. The van der Waals surface area contributed by atoms with Crippen LogP contribution in [0.25, 0.3) is 0 Å². The van der Waals surface area contributed by atoms with Gasteiger partial charge in [-0.15, -0.1) is 0 Å². The molecular weight excluding hydrogens is 529 g/mol. The third-order valence-corrected chi connectivity index (χ3v) is 7.47. The Morgan fingerprint density at radius 2 is 1.59 bits per heavy atom. The highest BCUT2D eigenvalue weighted by atomic mass is 19.4. The average Bonchev–Trinajstić information content (AvgIpc) is 2.87. The van der Waals surface area contributed by atoms with Gasteiger partial charge in [0, 0.05) is 52.4 Å². The zero-order chi connectivity index (χ0) is 28.5. The van der Waals surface area contributed by atoms with E-state index in [9.17, 15) is 35.5 Å². The van der Waals surface area contributed by atoms with E-state index in [0.29, 0.717) is 37.1 Å². The van der Waals surface area contributed by atoms with Gasteiger partial charge in [-0.05, 0) is 66.8 Å². The Kier molecular flexibility index (Phi) is 8.46. The summed E-state index contributed by atoms with van der Waals surface area (Å²) in [5, 5.41) is 3.31. The first-order chi connectivity index (χ1) is 18.2. The Balaban J connectivity index is 1.60. The number of carbonyl (C=O) groups is 1. The maximum atomic E-state index is 13.9. The lowest BCUT2D eigenvalue weighted by Crippen LogP contribution is -2.54. The first-order valence-corrected chi connectivity index (χ1v) is 12.7. The molecule has 0 saturated carbocycles. The van der Waals surface area contributed by atoms with E-state index in [0.717, 1.165) is 36.6 Å². The third-order valence-electron chi connectivity index (χ3n) is 7.47. The van der Waals surface area contributed by atoms with Crippen LogP contribution < -0.4 is 5.32 Å². The number of piperidine rings is 1. The molecule has 0 spiro atoms. The Morgan fingerprint density at radius 3 is 2.15 bits per heavy atom. The van der Waals surface area contributed by atoms with Gasteiger partial charge in [-0.1, -0.05) is 6.07 Å². The van der Waals surface area contributed by atoms with Gasteiger partial charge in [0.1, 0.15) is 5.82 Å². The number of piperazine rings is 1. The molecule has 2 aliphatic heterocycles. The Morgan fingerprint density at radius 1 is 0.974 bits per heavy atom. The van der Waals surface area contributed by atoms with Gasteiger partial charge in [-0.3, -0.25) is 4.90 Å². The molecule has 2 aromatic rings. The third kappa shape index (κ3) is 6.84. The highest BCUT2D eigenvalue weighted by molar-refractivity contribution is 5.75. The lowest BCUT2D eigenvalue weighted by atomic mass is 9.88. The molecule has 0 radical (unpaired) electrons. The summed E-state index contributed by atoms with van der Waals surface area (Å²) in [4.78, 5) is 18.7. The van der Waals surface area contributed by atoms with Crippen LogP contribution in [0.5, 0.6) is 0 Å². The second-order valence-electron chi connectivity index (χ2n) is 10.2. The maximum Gasteiger partial charge on any atom is 0.416 e. The molecule has 2 saturated heterocycles. The number of benzene rings is 2. The van der Waals surface area contributed by atoms with E-state index < -0.39 is 47.9 Å². The summed E-state index contributed by atoms with van der Waals surface area (Å²) in [7, 11) is 1.35. The number of rotatable bonds is 4. The average molecular weight is 561 g/mol. The SMILES string of the molecule is Cc1cc(F)ccc1C1CC(N2CCNCC2)CCN1C(=O)N(C)Cc1cc(C(F)(F)F)cc(C(F)(F)F)c1. The summed E-state index contributed by atoms with van der Waals surface area (Å²) in [5.74, 6) is -0.411. The van der Waals surface area contributed by atoms with Crippen LogP contribution in [0.4, 0.5) is 35.5 Å². The van der Waals surface area contributed by atoms with Crippen LogP contribution in [-0.4, -0.2) is 66.5 Å². The van der Waals surface area contributed by atoms with Gasteiger partial charge in [0.2, 0.25) is 0 Å². The number of alkyl halides is 6. The molecule has 2 fully saturated rings. The second kappa shape index (κ2) is 11.3. The molecule has 0 aromatic heterocycles. The topological polar surface area (TPSA) is 38.8 Å². The van der Waals surface area contributed by atoms with Crippen LogP contribution in [0.1, 0.15) is 46.7 Å². The first kappa shape index (κ1) is 29.1. The monoisotopic (exact) mass is 560 g/mol. The van der Waals surface area contributed by atoms with E-state index >= 15 is 0 Å². The number of halogens is 7. The molecule has 2 atom stereocenters. The van der Waals surface area contributed by atoms with Crippen molar-refractivity contribution in [2.75, 3.05) is 39.8 Å². The van der Waals surface area contributed by atoms with Crippen LogP contribution in [0.3, 0.4) is 0 Å². The van der Waals surface area contributed by atoms with Crippen molar-refractivity contribution < 1.29 is 35.5 Å². The Labute approximate surface area is 222 Å². The van der Waals surface area contributed by atoms with Crippen molar-refractivity contribution in [1.82, 2.24) is 20.0 Å². The molecule has 12 heteroatoms. The molecule has 2 aliphatic rings. The fourth-order valence-corrected chi connectivity index (χ4v) is 5.53. The minimum Gasteiger partial charge on any atom is -0.323 e. The minimum absolute atomic E-state index is 0.0690. The van der Waals surface area contributed by atoms with E-state index in [2.05, 4.69) is 10.2 Å². The van der Waals surface area contributed by atoms with Gasteiger partial charge < -0.3 is 15.1 Å². The molecule has 1 N–H and O–H groups in total.